The zero-order valence-corrected chi connectivity index (χ0v) is 33.9. The first-order valence-electron chi connectivity index (χ1n) is 21.0. The van der Waals surface area contributed by atoms with E-state index < -0.39 is 5.41 Å². The van der Waals surface area contributed by atoms with Crippen LogP contribution in [0.25, 0.3) is 50.2 Å². The Bertz CT molecular complexity index is 3140. The van der Waals surface area contributed by atoms with Crippen molar-refractivity contribution in [3.8, 4) is 56.0 Å². The molecule has 1 aliphatic carbocycles. The largest absolute Gasteiger partial charge is 0.457 e. The van der Waals surface area contributed by atoms with E-state index in [0.29, 0.717) is 5.71 Å². The Morgan fingerprint density at radius 2 is 0.855 bits per heavy atom. The van der Waals surface area contributed by atoms with Gasteiger partial charge in [-0.3, -0.25) is 4.99 Å². The molecular formula is C59H40N2O. The number of hydrogen-bond donors (Lipinski definition) is 1. The van der Waals surface area contributed by atoms with Crippen molar-refractivity contribution in [3.05, 3.63) is 269 Å². The molecule has 11 rings (SSSR count). The summed E-state index contributed by atoms with van der Waals surface area (Å²) in [5.41, 5.74) is 17.6. The van der Waals surface area contributed by atoms with Gasteiger partial charge in [0.15, 0.2) is 0 Å². The maximum absolute atomic E-state index is 9.08. The molecule has 1 N–H and O–H groups in total. The number of nitrogens with zero attached hydrogens (tertiary/aromatic N) is 1. The predicted octanol–water partition coefficient (Wildman–Crippen LogP) is 14.7. The fourth-order valence-electron chi connectivity index (χ4n) is 9.29. The fourth-order valence-corrected chi connectivity index (χ4v) is 9.29. The van der Waals surface area contributed by atoms with Gasteiger partial charge in [0.05, 0.1) is 16.8 Å². The normalized spacial score (nSPS) is 13.2. The van der Waals surface area contributed by atoms with Crippen molar-refractivity contribution in [1.82, 2.24) is 0 Å². The fraction of sp³-hybridized carbons (Fsp3) is 0.0169. The number of rotatable bonds is 8. The van der Waals surface area contributed by atoms with Crippen molar-refractivity contribution in [2.45, 2.75) is 5.41 Å². The molecule has 0 atom stereocenters. The molecule has 0 fully saturated rings. The summed E-state index contributed by atoms with van der Waals surface area (Å²) in [6.07, 6.45) is 3.72. The van der Waals surface area contributed by atoms with Crippen LogP contribution < -0.4 is 4.74 Å². The highest BCUT2D eigenvalue weighted by Gasteiger charge is 2.51. The molecule has 292 valence electrons. The van der Waals surface area contributed by atoms with Gasteiger partial charge < -0.3 is 10.1 Å². The van der Waals surface area contributed by atoms with Crippen molar-refractivity contribution in [2.75, 3.05) is 0 Å². The standard InChI is InChI=1S/C59H40N2O/c60-55(46-31-27-42(28-32-46)41-15-5-2-6-16-41)38-56(61-39-40-13-3-1-4-14-40)47-33-29-44(30-34-47)43-23-25-45(26-24-43)48-35-36-50-49-17-7-8-18-51(49)59(54(50)37-48)52-19-9-11-21-57(52)62-58-22-12-10-20-53(58)59/h1-39,60H/b56-38-,60-55?,61-39+. The van der Waals surface area contributed by atoms with Gasteiger partial charge in [0.2, 0.25) is 0 Å². The van der Waals surface area contributed by atoms with Gasteiger partial charge in [-0.2, -0.15) is 0 Å². The van der Waals surface area contributed by atoms with E-state index in [0.717, 1.165) is 61.7 Å². The summed E-state index contributed by atoms with van der Waals surface area (Å²) in [5, 5.41) is 9.08. The monoisotopic (exact) mass is 792 g/mol. The lowest BCUT2D eigenvalue weighted by Crippen LogP contribution is -2.32. The lowest BCUT2D eigenvalue weighted by Gasteiger charge is -2.39. The van der Waals surface area contributed by atoms with Gasteiger partial charge >= 0.3 is 0 Å². The van der Waals surface area contributed by atoms with Crippen LogP contribution in [-0.2, 0) is 5.41 Å². The van der Waals surface area contributed by atoms with Crippen LogP contribution in [0, 0.1) is 5.41 Å². The molecule has 0 aromatic heterocycles. The number of hydrogen-bond acceptors (Lipinski definition) is 3. The van der Waals surface area contributed by atoms with E-state index in [4.69, 9.17) is 15.1 Å². The Morgan fingerprint density at radius 3 is 1.48 bits per heavy atom. The van der Waals surface area contributed by atoms with Crippen LogP contribution in [0.2, 0.25) is 0 Å². The first kappa shape index (κ1) is 36.9. The van der Waals surface area contributed by atoms with Gasteiger partial charge in [-0.05, 0) is 91.0 Å². The summed E-state index contributed by atoms with van der Waals surface area (Å²) >= 11 is 0. The quantitative estimate of drug-likeness (QED) is 0.153. The van der Waals surface area contributed by atoms with E-state index >= 15 is 0 Å². The molecule has 0 saturated heterocycles. The molecule has 62 heavy (non-hydrogen) atoms. The second kappa shape index (κ2) is 15.5. The first-order valence-corrected chi connectivity index (χ1v) is 21.0. The van der Waals surface area contributed by atoms with Gasteiger partial charge in [-0.25, -0.2) is 0 Å². The minimum absolute atomic E-state index is 0.399. The maximum Gasteiger partial charge on any atom is 0.132 e. The van der Waals surface area contributed by atoms with Crippen LogP contribution >= 0.6 is 0 Å². The van der Waals surface area contributed by atoms with Crippen LogP contribution in [0.15, 0.2) is 236 Å². The third kappa shape index (κ3) is 6.39. The Morgan fingerprint density at radius 1 is 0.403 bits per heavy atom. The van der Waals surface area contributed by atoms with E-state index in [1.807, 2.05) is 73.0 Å². The molecule has 2 aliphatic rings. The van der Waals surface area contributed by atoms with Crippen molar-refractivity contribution >= 4 is 17.6 Å². The number of aliphatic imine (C=N–C) groups is 1. The van der Waals surface area contributed by atoms with Crippen LogP contribution in [0.5, 0.6) is 11.5 Å². The SMILES string of the molecule is N=C(/C=C(\N=C\c1ccccc1)c1ccc(-c2ccc(-c3ccc4c(c3)C3(c5ccccc5Oc5ccccc53)c3ccccc3-4)cc2)cc1)c1ccc(-c2ccccc2)cc1. The summed E-state index contributed by atoms with van der Waals surface area (Å²) in [7, 11) is 0. The molecule has 0 saturated carbocycles. The molecule has 0 radical (unpaired) electrons. The number of benzene rings is 9. The van der Waals surface area contributed by atoms with Crippen molar-refractivity contribution in [3.63, 3.8) is 0 Å². The molecule has 0 unspecified atom stereocenters. The van der Waals surface area contributed by atoms with Gasteiger partial charge in [0.1, 0.15) is 11.5 Å². The summed E-state index contributed by atoms with van der Waals surface area (Å²) in [6, 6.07) is 78.7. The summed E-state index contributed by atoms with van der Waals surface area (Å²) in [4.78, 5) is 4.93. The van der Waals surface area contributed by atoms with Crippen LogP contribution in [0.1, 0.15) is 38.9 Å². The summed E-state index contributed by atoms with van der Waals surface area (Å²) < 4.78 is 6.55. The second-order valence-corrected chi connectivity index (χ2v) is 15.9. The van der Waals surface area contributed by atoms with Crippen LogP contribution in [-0.4, -0.2) is 11.9 Å². The zero-order chi connectivity index (χ0) is 41.5. The predicted molar refractivity (Wildman–Crippen MR) is 255 cm³/mol. The Balaban J connectivity index is 0.909. The van der Waals surface area contributed by atoms with E-state index in [9.17, 15) is 0 Å². The smallest absolute Gasteiger partial charge is 0.132 e. The average molecular weight is 793 g/mol. The Kier molecular flexibility index (Phi) is 9.21. The molecular weight excluding hydrogens is 753 g/mol. The number of para-hydroxylation sites is 2. The van der Waals surface area contributed by atoms with Crippen LogP contribution in [0.3, 0.4) is 0 Å². The minimum atomic E-state index is -0.501. The highest BCUT2D eigenvalue weighted by molar-refractivity contribution is 6.11. The Hall–Kier alpha value is -8.14. The van der Waals surface area contributed by atoms with E-state index in [2.05, 4.69) is 164 Å². The molecule has 0 amide bonds. The Labute approximate surface area is 362 Å². The molecule has 1 spiro atoms. The number of fused-ring (bicyclic) bond motifs is 9. The van der Waals surface area contributed by atoms with E-state index in [1.165, 1.54) is 38.9 Å². The van der Waals surface area contributed by atoms with Gasteiger partial charge in [-0.1, -0.05) is 206 Å². The lowest BCUT2D eigenvalue weighted by atomic mass is 9.66. The second-order valence-electron chi connectivity index (χ2n) is 15.9. The van der Waals surface area contributed by atoms with E-state index in [-0.39, 0.29) is 0 Å². The van der Waals surface area contributed by atoms with Gasteiger partial charge in [-0.15, -0.1) is 0 Å². The molecule has 0 bridgehead atoms. The molecule has 1 aliphatic heterocycles. The van der Waals surface area contributed by atoms with Gasteiger partial charge in [0.25, 0.3) is 0 Å². The average Bonchev–Trinajstić information content (AvgIpc) is 3.63. The topological polar surface area (TPSA) is 45.4 Å². The summed E-state index contributed by atoms with van der Waals surface area (Å²) in [5.74, 6) is 1.79. The van der Waals surface area contributed by atoms with Gasteiger partial charge in [0, 0.05) is 22.9 Å². The maximum atomic E-state index is 9.08. The van der Waals surface area contributed by atoms with Crippen molar-refractivity contribution in [2.24, 2.45) is 4.99 Å². The third-order valence-electron chi connectivity index (χ3n) is 12.3. The minimum Gasteiger partial charge on any atom is -0.457 e. The molecule has 3 nitrogen and oxygen atoms in total. The number of ether oxygens (including phenoxy) is 1. The molecule has 9 aromatic carbocycles. The molecule has 3 heteroatoms. The van der Waals surface area contributed by atoms with E-state index in [1.54, 1.807) is 0 Å². The zero-order valence-electron chi connectivity index (χ0n) is 33.9. The number of allylic oxidation sites excluding steroid dienone is 1. The third-order valence-corrected chi connectivity index (χ3v) is 12.3. The van der Waals surface area contributed by atoms with Crippen molar-refractivity contribution in [1.29, 1.82) is 5.41 Å². The first-order chi connectivity index (χ1) is 30.6. The molecule has 9 aromatic rings. The van der Waals surface area contributed by atoms with Crippen molar-refractivity contribution < 1.29 is 4.74 Å². The number of nitrogens with one attached hydrogen (secondary N) is 1. The highest BCUT2D eigenvalue weighted by Crippen LogP contribution is 2.62. The van der Waals surface area contributed by atoms with Crippen LogP contribution in [0.4, 0.5) is 0 Å². The molecule has 1 heterocycles. The summed E-state index contributed by atoms with van der Waals surface area (Å²) in [6.45, 7) is 0. The highest BCUT2D eigenvalue weighted by atomic mass is 16.5. The lowest BCUT2D eigenvalue weighted by molar-refractivity contribution is 0.436.